The third kappa shape index (κ3) is 1.38. The van der Waals surface area contributed by atoms with Gasteiger partial charge in [-0.15, -0.1) is 0 Å². The number of aliphatic hydroxyl groups is 1. The quantitative estimate of drug-likeness (QED) is 0.648. The smallest absolute Gasteiger partial charge is 0.101 e. The molecule has 0 saturated heterocycles. The van der Waals surface area contributed by atoms with Crippen LogP contribution in [0.15, 0.2) is 29.3 Å². The highest BCUT2D eigenvalue weighted by Gasteiger charge is 2.29. The van der Waals surface area contributed by atoms with E-state index in [1.54, 1.807) is 6.21 Å². The third-order valence-corrected chi connectivity index (χ3v) is 2.48. The van der Waals surface area contributed by atoms with Crippen LogP contribution < -0.4 is 0 Å². The molecule has 0 fully saturated rings. The normalized spacial score (nSPS) is 26.6. The Morgan fingerprint density at radius 2 is 2.23 bits per heavy atom. The Bertz CT molecular complexity index is 333. The molecule has 2 nitrogen and oxygen atoms in total. The predicted octanol–water partition coefficient (Wildman–Crippen LogP) is 1.74. The maximum absolute atomic E-state index is 9.73. The zero-order valence-electron chi connectivity index (χ0n) is 7.64. The number of aliphatic imine (C=N–C) groups is 1. The van der Waals surface area contributed by atoms with Crippen LogP contribution in [0.2, 0.25) is 0 Å². The molecular formula is C11H13NO. The van der Waals surface area contributed by atoms with Gasteiger partial charge in [0, 0.05) is 6.42 Å². The average molecular weight is 175 g/mol. The highest BCUT2D eigenvalue weighted by atomic mass is 16.3. The second-order valence-electron chi connectivity index (χ2n) is 3.32. The van der Waals surface area contributed by atoms with Gasteiger partial charge < -0.3 is 5.11 Å². The lowest BCUT2D eigenvalue weighted by molar-refractivity contribution is 0.159. The van der Waals surface area contributed by atoms with Crippen molar-refractivity contribution >= 4 is 6.21 Å². The summed E-state index contributed by atoms with van der Waals surface area (Å²) < 4.78 is 0. The summed E-state index contributed by atoms with van der Waals surface area (Å²) in [5.74, 6) is 0. The molecule has 0 amide bonds. The monoisotopic (exact) mass is 175 g/mol. The topological polar surface area (TPSA) is 32.6 Å². The molecule has 2 rings (SSSR count). The molecule has 0 saturated carbocycles. The predicted molar refractivity (Wildman–Crippen MR) is 53.1 cm³/mol. The average Bonchev–Trinajstić information content (AvgIpc) is 2.44. The summed E-state index contributed by atoms with van der Waals surface area (Å²) in [6, 6.07) is 8.06. The summed E-state index contributed by atoms with van der Waals surface area (Å²) in [7, 11) is 0. The minimum absolute atomic E-state index is 0.0406. The lowest BCUT2D eigenvalue weighted by Gasteiger charge is -2.09. The number of benzene rings is 1. The maximum Gasteiger partial charge on any atom is 0.101 e. The first-order valence-electron chi connectivity index (χ1n) is 4.56. The number of fused-ring (bicyclic) bond motifs is 1. The van der Waals surface area contributed by atoms with Crippen molar-refractivity contribution in [3.8, 4) is 0 Å². The van der Waals surface area contributed by atoms with Crippen molar-refractivity contribution < 1.29 is 5.11 Å². The van der Waals surface area contributed by atoms with E-state index in [1.807, 2.05) is 25.1 Å². The molecule has 68 valence electrons. The van der Waals surface area contributed by atoms with Crippen molar-refractivity contribution in [3.05, 3.63) is 35.4 Å². The van der Waals surface area contributed by atoms with Crippen molar-refractivity contribution in [2.45, 2.75) is 25.5 Å². The standard InChI is InChI=1S/C11H13NO/c1-2-12-11-9-6-4-3-5-8(9)7-10(11)13/h2-6,10-11,13H,7H2,1H3. The maximum atomic E-state index is 9.73. The Labute approximate surface area is 77.9 Å². The summed E-state index contributed by atoms with van der Waals surface area (Å²) in [6.07, 6.45) is 2.15. The molecule has 0 spiro atoms. The van der Waals surface area contributed by atoms with Crippen LogP contribution in [-0.4, -0.2) is 17.4 Å². The van der Waals surface area contributed by atoms with Crippen LogP contribution in [0.4, 0.5) is 0 Å². The van der Waals surface area contributed by atoms with E-state index in [2.05, 4.69) is 11.1 Å². The molecule has 1 aromatic carbocycles. The SMILES string of the molecule is CC=NC1c2ccccc2CC1O. The lowest BCUT2D eigenvalue weighted by Crippen LogP contribution is -2.10. The Hall–Kier alpha value is -1.15. The Morgan fingerprint density at radius 3 is 3.00 bits per heavy atom. The number of hydrogen-bond donors (Lipinski definition) is 1. The van der Waals surface area contributed by atoms with Gasteiger partial charge in [-0.25, -0.2) is 0 Å². The zero-order valence-corrected chi connectivity index (χ0v) is 7.64. The molecule has 1 aromatic rings. The number of nitrogens with zero attached hydrogens (tertiary/aromatic N) is 1. The molecule has 1 N–H and O–H groups in total. The summed E-state index contributed by atoms with van der Waals surface area (Å²) in [4.78, 5) is 4.27. The van der Waals surface area contributed by atoms with E-state index in [0.717, 1.165) is 6.42 Å². The van der Waals surface area contributed by atoms with Crippen LogP contribution in [0.5, 0.6) is 0 Å². The van der Waals surface area contributed by atoms with E-state index in [9.17, 15) is 5.11 Å². The summed E-state index contributed by atoms with van der Waals surface area (Å²) in [5, 5.41) is 9.73. The molecule has 2 unspecified atom stereocenters. The fraction of sp³-hybridized carbons (Fsp3) is 0.364. The number of hydrogen-bond acceptors (Lipinski definition) is 2. The van der Waals surface area contributed by atoms with Crippen LogP contribution in [0.1, 0.15) is 24.1 Å². The van der Waals surface area contributed by atoms with Crippen LogP contribution in [0, 0.1) is 0 Å². The van der Waals surface area contributed by atoms with Gasteiger partial charge in [0.2, 0.25) is 0 Å². The van der Waals surface area contributed by atoms with E-state index >= 15 is 0 Å². The fourth-order valence-electron chi connectivity index (χ4n) is 1.89. The van der Waals surface area contributed by atoms with Gasteiger partial charge in [-0.3, -0.25) is 4.99 Å². The molecule has 13 heavy (non-hydrogen) atoms. The molecule has 1 aliphatic rings. The van der Waals surface area contributed by atoms with Crippen LogP contribution in [0.3, 0.4) is 0 Å². The van der Waals surface area contributed by atoms with E-state index in [0.29, 0.717) is 0 Å². The summed E-state index contributed by atoms with van der Waals surface area (Å²) in [6.45, 7) is 1.88. The van der Waals surface area contributed by atoms with Crippen LogP contribution in [0.25, 0.3) is 0 Å². The molecule has 1 aliphatic carbocycles. The molecule has 0 aromatic heterocycles. The molecule has 2 heteroatoms. The Balaban J connectivity index is 2.40. The van der Waals surface area contributed by atoms with Gasteiger partial charge in [-0.2, -0.15) is 0 Å². The largest absolute Gasteiger partial charge is 0.390 e. The first-order chi connectivity index (χ1) is 6.33. The van der Waals surface area contributed by atoms with Gasteiger partial charge in [-0.05, 0) is 24.3 Å². The minimum atomic E-state index is -0.339. The van der Waals surface area contributed by atoms with Gasteiger partial charge in [0.25, 0.3) is 0 Å². The first-order valence-corrected chi connectivity index (χ1v) is 4.56. The molecule has 0 aliphatic heterocycles. The highest BCUT2D eigenvalue weighted by molar-refractivity contribution is 5.55. The Kier molecular flexibility index (Phi) is 2.15. The highest BCUT2D eigenvalue weighted by Crippen LogP contribution is 2.33. The fourth-order valence-corrected chi connectivity index (χ4v) is 1.89. The molecular weight excluding hydrogens is 162 g/mol. The van der Waals surface area contributed by atoms with Gasteiger partial charge >= 0.3 is 0 Å². The molecule has 2 atom stereocenters. The second kappa shape index (κ2) is 3.30. The zero-order chi connectivity index (χ0) is 9.26. The summed E-state index contributed by atoms with van der Waals surface area (Å²) in [5.41, 5.74) is 2.40. The second-order valence-corrected chi connectivity index (χ2v) is 3.32. The van der Waals surface area contributed by atoms with Gasteiger partial charge in [0.15, 0.2) is 0 Å². The number of rotatable bonds is 1. The van der Waals surface area contributed by atoms with E-state index < -0.39 is 0 Å². The van der Waals surface area contributed by atoms with Crippen LogP contribution in [-0.2, 0) is 6.42 Å². The first kappa shape index (κ1) is 8.45. The van der Waals surface area contributed by atoms with Crippen molar-refractivity contribution in [2.75, 3.05) is 0 Å². The van der Waals surface area contributed by atoms with Crippen molar-refractivity contribution in [2.24, 2.45) is 4.99 Å². The van der Waals surface area contributed by atoms with E-state index in [1.165, 1.54) is 11.1 Å². The molecule has 0 bridgehead atoms. The molecule has 0 radical (unpaired) electrons. The minimum Gasteiger partial charge on any atom is -0.390 e. The van der Waals surface area contributed by atoms with Gasteiger partial charge in [0.05, 0.1) is 6.10 Å². The van der Waals surface area contributed by atoms with Crippen molar-refractivity contribution in [3.63, 3.8) is 0 Å². The summed E-state index contributed by atoms with van der Waals surface area (Å²) >= 11 is 0. The molecule has 0 heterocycles. The van der Waals surface area contributed by atoms with E-state index in [4.69, 9.17) is 0 Å². The van der Waals surface area contributed by atoms with Gasteiger partial charge in [0.1, 0.15) is 6.04 Å². The van der Waals surface area contributed by atoms with Gasteiger partial charge in [-0.1, -0.05) is 24.3 Å². The lowest BCUT2D eigenvalue weighted by atomic mass is 10.1. The third-order valence-electron chi connectivity index (χ3n) is 2.48. The van der Waals surface area contributed by atoms with E-state index in [-0.39, 0.29) is 12.1 Å². The van der Waals surface area contributed by atoms with Crippen molar-refractivity contribution in [1.82, 2.24) is 0 Å². The van der Waals surface area contributed by atoms with Crippen LogP contribution >= 0.6 is 0 Å². The van der Waals surface area contributed by atoms with Crippen molar-refractivity contribution in [1.29, 1.82) is 0 Å². The Morgan fingerprint density at radius 1 is 1.46 bits per heavy atom. The number of aliphatic hydroxyl groups excluding tert-OH is 1.